The number of para-hydroxylation sites is 2. The van der Waals surface area contributed by atoms with Crippen LogP contribution in [0.5, 0.6) is 0 Å². The number of allylic oxidation sites excluding steroid dienone is 1. The Morgan fingerprint density at radius 3 is 1.81 bits per heavy atom. The Morgan fingerprint density at radius 1 is 0.694 bits per heavy atom. The van der Waals surface area contributed by atoms with E-state index >= 15 is 0 Å². The average molecular weight is 504 g/mol. The van der Waals surface area contributed by atoms with Gasteiger partial charge in [-0.15, -0.1) is 22.7 Å². The van der Waals surface area contributed by atoms with Gasteiger partial charge < -0.3 is 4.90 Å². The predicted octanol–water partition coefficient (Wildman–Crippen LogP) is 8.53. The number of hydrogen-bond donors (Lipinski definition) is 0. The molecule has 0 saturated carbocycles. The highest BCUT2D eigenvalue weighted by atomic mass is 32.1. The van der Waals surface area contributed by atoms with E-state index in [0.717, 1.165) is 19.3 Å². The summed E-state index contributed by atoms with van der Waals surface area (Å²) in [7, 11) is 0. The van der Waals surface area contributed by atoms with Gasteiger partial charge in [0.1, 0.15) is 5.00 Å². The maximum atomic E-state index is 12.8. The van der Waals surface area contributed by atoms with Crippen molar-refractivity contribution in [2.45, 2.75) is 19.3 Å². The molecule has 0 spiro atoms. The van der Waals surface area contributed by atoms with E-state index in [4.69, 9.17) is 0 Å². The summed E-state index contributed by atoms with van der Waals surface area (Å²) < 4.78 is 2.30. The second kappa shape index (κ2) is 7.60. The quantitative estimate of drug-likeness (QED) is 0.179. The first-order chi connectivity index (χ1) is 17.4. The highest BCUT2D eigenvalue weighted by molar-refractivity contribution is 7.30. The minimum absolute atomic E-state index is 0.0877. The van der Waals surface area contributed by atoms with E-state index in [-0.39, 0.29) is 22.6 Å². The SMILES string of the molecule is CC1(C)c2ccccc2N(c2cc3sc(C=C4C(=O)c5ccccc5C4=O)cc3s2)c2ccccc21. The van der Waals surface area contributed by atoms with Crippen molar-refractivity contribution in [2.24, 2.45) is 0 Å². The fraction of sp³-hybridized carbons (Fsp3) is 0.0968. The Hall–Kier alpha value is -3.80. The zero-order valence-corrected chi connectivity index (χ0v) is 21.4. The first kappa shape index (κ1) is 21.5. The number of fused-ring (bicyclic) bond motifs is 4. The molecule has 36 heavy (non-hydrogen) atoms. The van der Waals surface area contributed by atoms with Gasteiger partial charge >= 0.3 is 0 Å². The maximum absolute atomic E-state index is 12.8. The van der Waals surface area contributed by atoms with Crippen LogP contribution in [0.15, 0.2) is 90.5 Å². The van der Waals surface area contributed by atoms with Crippen molar-refractivity contribution < 1.29 is 9.59 Å². The van der Waals surface area contributed by atoms with Gasteiger partial charge in [-0.3, -0.25) is 9.59 Å². The molecule has 0 bridgehead atoms. The highest BCUT2D eigenvalue weighted by Gasteiger charge is 2.37. The van der Waals surface area contributed by atoms with Gasteiger partial charge in [-0.1, -0.05) is 74.5 Å². The van der Waals surface area contributed by atoms with E-state index in [9.17, 15) is 9.59 Å². The third kappa shape index (κ3) is 2.96. The molecule has 0 saturated heterocycles. The summed E-state index contributed by atoms with van der Waals surface area (Å²) in [4.78, 5) is 28.9. The Labute approximate surface area is 217 Å². The monoisotopic (exact) mass is 503 g/mol. The predicted molar refractivity (Wildman–Crippen MR) is 150 cm³/mol. The number of carbonyl (C=O) groups excluding carboxylic acids is 2. The van der Waals surface area contributed by atoms with Crippen LogP contribution in [0.1, 0.15) is 50.6 Å². The minimum Gasteiger partial charge on any atom is -0.301 e. The molecule has 7 rings (SSSR count). The standard InChI is InChI=1S/C31H21NO2S2/c1-31(2)22-11-5-7-13-24(22)32(25-14-8-6-12-23(25)31)28-17-27-26(36-28)16-18(35-27)15-21-29(33)19-9-3-4-10-20(19)30(21)34/h3-17H,1-2H3. The second-order valence-corrected chi connectivity index (χ2v) is 11.9. The number of hydrogen-bond acceptors (Lipinski definition) is 5. The Morgan fingerprint density at radius 2 is 1.22 bits per heavy atom. The van der Waals surface area contributed by atoms with Crippen LogP contribution in [0.2, 0.25) is 0 Å². The van der Waals surface area contributed by atoms with Crippen LogP contribution in [0, 0.1) is 0 Å². The van der Waals surface area contributed by atoms with Crippen LogP contribution in [0.25, 0.3) is 15.5 Å². The van der Waals surface area contributed by atoms with Crippen LogP contribution in [-0.2, 0) is 5.41 Å². The van der Waals surface area contributed by atoms with E-state index in [1.165, 1.54) is 22.5 Å². The number of benzene rings is 3. The van der Waals surface area contributed by atoms with Crippen molar-refractivity contribution in [2.75, 3.05) is 4.90 Å². The highest BCUT2D eigenvalue weighted by Crippen LogP contribution is 2.54. The molecule has 5 aromatic rings. The van der Waals surface area contributed by atoms with Gasteiger partial charge in [0.05, 0.1) is 16.9 Å². The molecule has 2 aromatic heterocycles. The molecule has 0 fully saturated rings. The summed E-state index contributed by atoms with van der Waals surface area (Å²) in [5, 5.41) is 1.16. The van der Waals surface area contributed by atoms with E-state index in [1.807, 2.05) is 0 Å². The molecule has 0 radical (unpaired) electrons. The number of carbonyl (C=O) groups is 2. The number of rotatable bonds is 2. The molecule has 3 aromatic carbocycles. The first-order valence-corrected chi connectivity index (χ1v) is 13.5. The topological polar surface area (TPSA) is 37.4 Å². The van der Waals surface area contributed by atoms with E-state index < -0.39 is 0 Å². The number of thiophene rings is 2. The average Bonchev–Trinajstić information content (AvgIpc) is 3.52. The van der Waals surface area contributed by atoms with Gasteiger partial charge in [-0.2, -0.15) is 0 Å². The Bertz CT molecular complexity index is 1650. The summed E-state index contributed by atoms with van der Waals surface area (Å²) in [5.74, 6) is -0.366. The molecule has 0 N–H and O–H groups in total. The molecule has 0 atom stereocenters. The summed E-state index contributed by atoms with van der Waals surface area (Å²) in [6.45, 7) is 4.58. The Kier molecular flexibility index (Phi) is 4.53. The fourth-order valence-electron chi connectivity index (χ4n) is 5.48. The molecule has 0 unspecified atom stereocenters. The molecule has 174 valence electrons. The maximum Gasteiger partial charge on any atom is 0.197 e. The fourth-order valence-corrected chi connectivity index (χ4v) is 7.85. The van der Waals surface area contributed by atoms with Crippen LogP contribution in [0.4, 0.5) is 16.4 Å². The lowest BCUT2D eigenvalue weighted by atomic mass is 9.74. The summed E-state index contributed by atoms with van der Waals surface area (Å²) in [6, 6.07) is 28.7. The first-order valence-electron chi connectivity index (χ1n) is 11.9. The molecular formula is C31H21NO2S2. The molecular weight excluding hydrogens is 482 g/mol. The van der Waals surface area contributed by atoms with Crippen LogP contribution >= 0.6 is 22.7 Å². The smallest absolute Gasteiger partial charge is 0.197 e. The molecule has 3 nitrogen and oxygen atoms in total. The second-order valence-electron chi connectivity index (χ2n) is 9.72. The van der Waals surface area contributed by atoms with Crippen LogP contribution in [-0.4, -0.2) is 11.6 Å². The van der Waals surface area contributed by atoms with Crippen molar-refractivity contribution >= 4 is 66.1 Å². The van der Waals surface area contributed by atoms with E-state index in [1.54, 1.807) is 53.0 Å². The lowest BCUT2D eigenvalue weighted by molar-refractivity contribution is 0.0990. The molecule has 1 aliphatic heterocycles. The van der Waals surface area contributed by atoms with Gasteiger partial charge in [0, 0.05) is 30.8 Å². The number of anilines is 3. The van der Waals surface area contributed by atoms with Crippen molar-refractivity contribution in [3.05, 3.63) is 118 Å². The van der Waals surface area contributed by atoms with Crippen LogP contribution in [0.3, 0.4) is 0 Å². The van der Waals surface area contributed by atoms with Gasteiger partial charge in [0.2, 0.25) is 0 Å². The number of nitrogens with zero attached hydrogens (tertiary/aromatic N) is 1. The molecule has 2 aliphatic rings. The van der Waals surface area contributed by atoms with Crippen molar-refractivity contribution in [3.8, 4) is 0 Å². The lowest BCUT2D eigenvalue weighted by Gasteiger charge is -2.41. The molecule has 3 heterocycles. The van der Waals surface area contributed by atoms with Crippen molar-refractivity contribution in [3.63, 3.8) is 0 Å². The molecule has 1 aliphatic carbocycles. The normalized spacial score (nSPS) is 15.7. The number of ketones is 2. The van der Waals surface area contributed by atoms with Gasteiger partial charge in [-0.05, 0) is 41.5 Å². The van der Waals surface area contributed by atoms with Gasteiger partial charge in [0.25, 0.3) is 0 Å². The third-order valence-electron chi connectivity index (χ3n) is 7.26. The zero-order valence-electron chi connectivity index (χ0n) is 19.7. The zero-order chi connectivity index (χ0) is 24.6. The Balaban J connectivity index is 1.31. The van der Waals surface area contributed by atoms with Gasteiger partial charge in [0.15, 0.2) is 11.6 Å². The van der Waals surface area contributed by atoms with Crippen molar-refractivity contribution in [1.29, 1.82) is 0 Å². The van der Waals surface area contributed by atoms with E-state index in [0.29, 0.717) is 11.1 Å². The van der Waals surface area contributed by atoms with Crippen LogP contribution < -0.4 is 4.90 Å². The number of Topliss-reactive ketones (excluding diaryl/α,β-unsaturated/α-hetero) is 2. The minimum atomic E-state index is -0.183. The lowest BCUT2D eigenvalue weighted by Crippen LogP contribution is -2.30. The van der Waals surface area contributed by atoms with Gasteiger partial charge in [-0.25, -0.2) is 0 Å². The summed E-state index contributed by atoms with van der Waals surface area (Å²) in [6.07, 6.45) is 1.76. The van der Waals surface area contributed by atoms with E-state index in [2.05, 4.69) is 79.4 Å². The molecule has 0 amide bonds. The molecule has 5 heteroatoms. The summed E-state index contributed by atoms with van der Waals surface area (Å²) >= 11 is 3.35. The summed E-state index contributed by atoms with van der Waals surface area (Å²) in [5.41, 5.74) is 6.20. The largest absolute Gasteiger partial charge is 0.301 e. The van der Waals surface area contributed by atoms with Crippen molar-refractivity contribution in [1.82, 2.24) is 0 Å². The third-order valence-corrected chi connectivity index (χ3v) is 9.49.